The van der Waals surface area contributed by atoms with Crippen LogP contribution in [0.5, 0.6) is 0 Å². The van der Waals surface area contributed by atoms with Gasteiger partial charge in [-0.3, -0.25) is 0 Å². The van der Waals surface area contributed by atoms with Gasteiger partial charge in [0.2, 0.25) is 0 Å². The molecule has 1 atom stereocenters. The Morgan fingerprint density at radius 1 is 1.21 bits per heavy atom. The van der Waals surface area contributed by atoms with Crippen LogP contribution in [0.25, 0.3) is 0 Å². The molecule has 0 bridgehead atoms. The van der Waals surface area contributed by atoms with Gasteiger partial charge in [-0.2, -0.15) is 0 Å². The standard InChI is InChI=1S/C9H20NO3P/c1-7(6-10)11-14-12-8(2,3)9(4,5)13-14/h7H,6,10H2,1-5H3. The summed E-state index contributed by atoms with van der Waals surface area (Å²) in [7, 11) is -1.25. The molecule has 1 heterocycles. The highest BCUT2D eigenvalue weighted by molar-refractivity contribution is 7.42. The summed E-state index contributed by atoms with van der Waals surface area (Å²) in [5.74, 6) is 0. The van der Waals surface area contributed by atoms with Gasteiger partial charge in [0, 0.05) is 6.54 Å². The van der Waals surface area contributed by atoms with Gasteiger partial charge in [-0.15, -0.1) is 0 Å². The third kappa shape index (κ3) is 2.44. The van der Waals surface area contributed by atoms with E-state index in [1.165, 1.54) is 0 Å². The predicted octanol–water partition coefficient (Wildman–Crippen LogP) is 2.18. The van der Waals surface area contributed by atoms with E-state index in [4.69, 9.17) is 19.3 Å². The molecule has 0 amide bonds. The Kier molecular flexibility index (Phi) is 3.55. The van der Waals surface area contributed by atoms with Crippen molar-refractivity contribution in [2.24, 2.45) is 5.73 Å². The van der Waals surface area contributed by atoms with Crippen LogP contribution in [0.4, 0.5) is 0 Å². The highest BCUT2D eigenvalue weighted by Gasteiger charge is 2.51. The van der Waals surface area contributed by atoms with Crippen molar-refractivity contribution in [3.8, 4) is 0 Å². The van der Waals surface area contributed by atoms with E-state index in [0.29, 0.717) is 6.54 Å². The third-order valence-corrected chi connectivity index (χ3v) is 4.40. The molecule has 1 unspecified atom stereocenters. The van der Waals surface area contributed by atoms with Crippen molar-refractivity contribution in [1.82, 2.24) is 0 Å². The van der Waals surface area contributed by atoms with Gasteiger partial charge in [0.1, 0.15) is 11.2 Å². The minimum absolute atomic E-state index is 0.0224. The lowest BCUT2D eigenvalue weighted by molar-refractivity contribution is 0.00578. The van der Waals surface area contributed by atoms with Crippen LogP contribution < -0.4 is 5.73 Å². The molecule has 84 valence electrons. The summed E-state index contributed by atoms with van der Waals surface area (Å²) in [5.41, 5.74) is 4.83. The molecule has 0 aliphatic carbocycles. The zero-order chi connectivity index (χ0) is 11.0. The van der Waals surface area contributed by atoms with Crippen LogP contribution in [0.2, 0.25) is 0 Å². The van der Waals surface area contributed by atoms with Crippen LogP contribution >= 0.6 is 8.60 Å². The molecule has 0 aromatic rings. The third-order valence-electron chi connectivity index (χ3n) is 2.65. The van der Waals surface area contributed by atoms with Gasteiger partial charge in [0.05, 0.1) is 6.10 Å². The Morgan fingerprint density at radius 2 is 1.64 bits per heavy atom. The highest BCUT2D eigenvalue weighted by Crippen LogP contribution is 2.58. The van der Waals surface area contributed by atoms with Crippen molar-refractivity contribution in [1.29, 1.82) is 0 Å². The molecule has 0 aromatic carbocycles. The smallest absolute Gasteiger partial charge is 0.328 e. The molecule has 1 aliphatic rings. The average Bonchev–Trinajstić information content (AvgIpc) is 2.20. The largest absolute Gasteiger partial charge is 0.334 e. The van der Waals surface area contributed by atoms with E-state index >= 15 is 0 Å². The molecule has 1 aliphatic heterocycles. The summed E-state index contributed by atoms with van der Waals surface area (Å²) in [6.07, 6.45) is -0.0224. The fourth-order valence-corrected chi connectivity index (χ4v) is 2.53. The molecule has 1 rings (SSSR count). The van der Waals surface area contributed by atoms with Gasteiger partial charge in [0.15, 0.2) is 0 Å². The Bertz CT molecular complexity index is 192. The van der Waals surface area contributed by atoms with Gasteiger partial charge in [-0.05, 0) is 34.6 Å². The normalized spacial score (nSPS) is 27.9. The zero-order valence-corrected chi connectivity index (χ0v) is 10.4. The van der Waals surface area contributed by atoms with Gasteiger partial charge in [0.25, 0.3) is 0 Å². The van der Waals surface area contributed by atoms with Crippen molar-refractivity contribution >= 4 is 8.60 Å². The Hall–Kier alpha value is 0.270. The number of hydrogen-bond acceptors (Lipinski definition) is 4. The molecule has 0 aromatic heterocycles. The summed E-state index contributed by atoms with van der Waals surface area (Å²) < 4.78 is 16.9. The first-order valence-corrected chi connectivity index (χ1v) is 5.93. The lowest BCUT2D eigenvalue weighted by Crippen LogP contribution is -2.41. The average molecular weight is 221 g/mol. The lowest BCUT2D eigenvalue weighted by atomic mass is 9.90. The van der Waals surface area contributed by atoms with E-state index < -0.39 is 8.60 Å². The summed E-state index contributed by atoms with van der Waals surface area (Å²) in [6.45, 7) is 10.4. The molecule has 4 nitrogen and oxygen atoms in total. The van der Waals surface area contributed by atoms with Crippen molar-refractivity contribution in [3.05, 3.63) is 0 Å². The summed E-state index contributed by atoms with van der Waals surface area (Å²) >= 11 is 0. The maximum Gasteiger partial charge on any atom is 0.334 e. The van der Waals surface area contributed by atoms with E-state index in [2.05, 4.69) is 0 Å². The molecule has 0 saturated carbocycles. The molecule has 2 N–H and O–H groups in total. The quantitative estimate of drug-likeness (QED) is 0.742. The summed E-state index contributed by atoms with van der Waals surface area (Å²) in [6, 6.07) is 0. The van der Waals surface area contributed by atoms with Crippen LogP contribution in [0, 0.1) is 0 Å². The van der Waals surface area contributed by atoms with Crippen molar-refractivity contribution < 1.29 is 13.6 Å². The monoisotopic (exact) mass is 221 g/mol. The van der Waals surface area contributed by atoms with Gasteiger partial charge in [-0.25, -0.2) is 0 Å². The topological polar surface area (TPSA) is 53.7 Å². The van der Waals surface area contributed by atoms with Crippen molar-refractivity contribution in [2.45, 2.75) is 51.9 Å². The Morgan fingerprint density at radius 3 is 2.00 bits per heavy atom. The maximum absolute atomic E-state index is 5.70. The van der Waals surface area contributed by atoms with E-state index in [1.807, 2.05) is 34.6 Å². The first-order valence-electron chi connectivity index (χ1n) is 4.84. The molecular weight excluding hydrogens is 201 g/mol. The first kappa shape index (κ1) is 12.3. The fourth-order valence-electron chi connectivity index (χ4n) is 0.844. The second-order valence-electron chi connectivity index (χ2n) is 4.58. The first-order chi connectivity index (χ1) is 6.28. The fraction of sp³-hybridized carbons (Fsp3) is 1.00. The molecule has 14 heavy (non-hydrogen) atoms. The van der Waals surface area contributed by atoms with Gasteiger partial charge < -0.3 is 19.3 Å². The molecule has 1 saturated heterocycles. The van der Waals surface area contributed by atoms with E-state index in [1.54, 1.807) is 0 Å². The van der Waals surface area contributed by atoms with Crippen LogP contribution in [-0.2, 0) is 13.6 Å². The highest BCUT2D eigenvalue weighted by atomic mass is 31.2. The molecule has 1 fully saturated rings. The van der Waals surface area contributed by atoms with Gasteiger partial charge >= 0.3 is 8.60 Å². The Balaban J connectivity index is 2.55. The predicted molar refractivity (Wildman–Crippen MR) is 56.8 cm³/mol. The lowest BCUT2D eigenvalue weighted by Gasteiger charge is -2.29. The second-order valence-corrected chi connectivity index (χ2v) is 5.60. The van der Waals surface area contributed by atoms with Crippen molar-refractivity contribution in [3.63, 3.8) is 0 Å². The minimum Gasteiger partial charge on any atom is -0.328 e. The maximum atomic E-state index is 5.70. The summed E-state index contributed by atoms with van der Waals surface area (Å²) in [4.78, 5) is 0. The van der Waals surface area contributed by atoms with Crippen LogP contribution in [0.1, 0.15) is 34.6 Å². The molecule has 0 radical (unpaired) electrons. The Labute approximate surface area is 87.1 Å². The molecular formula is C9H20NO3P. The van der Waals surface area contributed by atoms with E-state index in [0.717, 1.165) is 0 Å². The number of rotatable bonds is 3. The number of hydrogen-bond donors (Lipinski definition) is 1. The van der Waals surface area contributed by atoms with Crippen molar-refractivity contribution in [2.75, 3.05) is 6.54 Å². The molecule has 0 spiro atoms. The van der Waals surface area contributed by atoms with Crippen LogP contribution in [-0.4, -0.2) is 23.9 Å². The zero-order valence-electron chi connectivity index (χ0n) is 9.53. The van der Waals surface area contributed by atoms with Crippen LogP contribution in [0.15, 0.2) is 0 Å². The minimum atomic E-state index is -1.25. The summed E-state index contributed by atoms with van der Waals surface area (Å²) in [5, 5.41) is 0. The van der Waals surface area contributed by atoms with Crippen LogP contribution in [0.3, 0.4) is 0 Å². The second kappa shape index (κ2) is 4.03. The van der Waals surface area contributed by atoms with E-state index in [9.17, 15) is 0 Å². The van der Waals surface area contributed by atoms with E-state index in [-0.39, 0.29) is 17.3 Å². The SMILES string of the molecule is CC(CN)OP1OC(C)(C)C(C)(C)O1. The molecule has 5 heteroatoms. The number of nitrogens with two attached hydrogens (primary N) is 1. The van der Waals surface area contributed by atoms with Gasteiger partial charge in [-0.1, -0.05) is 0 Å².